The predicted octanol–water partition coefficient (Wildman–Crippen LogP) is 2.90. The van der Waals surface area contributed by atoms with Crippen LogP contribution >= 0.6 is 0 Å². The molecular formula is C18H19NO4. The number of rotatable bonds is 5. The fourth-order valence-corrected chi connectivity index (χ4v) is 2.45. The minimum absolute atomic E-state index is 0.376. The van der Waals surface area contributed by atoms with E-state index in [0.717, 1.165) is 17.3 Å². The molecule has 1 heterocycles. The van der Waals surface area contributed by atoms with Crippen LogP contribution in [0.25, 0.3) is 21.7 Å². The molecule has 0 aliphatic carbocycles. The monoisotopic (exact) mass is 313 g/mol. The van der Waals surface area contributed by atoms with Crippen LogP contribution in [-0.2, 0) is 0 Å². The Labute approximate surface area is 134 Å². The van der Waals surface area contributed by atoms with Gasteiger partial charge in [-0.1, -0.05) is 0 Å². The molecule has 0 atom stereocenters. The molecule has 0 aliphatic heterocycles. The van der Waals surface area contributed by atoms with E-state index in [4.69, 9.17) is 13.9 Å². The average molecular weight is 313 g/mol. The van der Waals surface area contributed by atoms with Gasteiger partial charge in [0, 0.05) is 23.4 Å². The molecule has 0 saturated carbocycles. The first-order valence-electron chi connectivity index (χ1n) is 7.40. The number of ether oxygens (including phenoxy) is 2. The van der Waals surface area contributed by atoms with E-state index in [9.17, 15) is 4.79 Å². The van der Waals surface area contributed by atoms with Crippen LogP contribution in [0.3, 0.4) is 0 Å². The molecule has 5 heteroatoms. The summed E-state index contributed by atoms with van der Waals surface area (Å²) in [4.78, 5) is 14.3. The second kappa shape index (κ2) is 6.30. The summed E-state index contributed by atoms with van der Waals surface area (Å²) in [6, 6.07) is 11.0. The molecule has 0 unspecified atom stereocenters. The first kappa shape index (κ1) is 15.4. The zero-order valence-corrected chi connectivity index (χ0v) is 13.5. The fourth-order valence-electron chi connectivity index (χ4n) is 2.45. The molecule has 0 radical (unpaired) electrons. The first-order valence-corrected chi connectivity index (χ1v) is 7.40. The lowest BCUT2D eigenvalue weighted by Crippen LogP contribution is -2.19. The van der Waals surface area contributed by atoms with Crippen LogP contribution in [-0.4, -0.2) is 39.3 Å². The first-order chi connectivity index (χ1) is 11.1. The van der Waals surface area contributed by atoms with Crippen molar-refractivity contribution in [2.45, 2.75) is 0 Å². The van der Waals surface area contributed by atoms with Gasteiger partial charge in [-0.25, -0.2) is 4.79 Å². The lowest BCUT2D eigenvalue weighted by molar-refractivity contribution is 0.261. The number of hydrogen-bond acceptors (Lipinski definition) is 5. The van der Waals surface area contributed by atoms with Gasteiger partial charge in [0.05, 0.1) is 12.5 Å². The molecule has 0 spiro atoms. The minimum atomic E-state index is -0.376. The van der Waals surface area contributed by atoms with Crippen molar-refractivity contribution in [3.8, 4) is 11.5 Å². The molecule has 2 aromatic carbocycles. The van der Waals surface area contributed by atoms with Crippen molar-refractivity contribution in [3.63, 3.8) is 0 Å². The molecule has 0 aliphatic rings. The van der Waals surface area contributed by atoms with E-state index in [1.165, 1.54) is 0 Å². The Morgan fingerprint density at radius 1 is 1.00 bits per heavy atom. The molecular weight excluding hydrogens is 294 g/mol. The molecule has 0 saturated heterocycles. The van der Waals surface area contributed by atoms with Crippen molar-refractivity contribution in [2.75, 3.05) is 34.4 Å². The van der Waals surface area contributed by atoms with Gasteiger partial charge in [-0.05, 0) is 44.4 Å². The third kappa shape index (κ3) is 3.14. The van der Waals surface area contributed by atoms with Gasteiger partial charge in [-0.2, -0.15) is 0 Å². The van der Waals surface area contributed by atoms with Crippen molar-refractivity contribution in [3.05, 3.63) is 46.8 Å². The molecule has 23 heavy (non-hydrogen) atoms. The van der Waals surface area contributed by atoms with E-state index in [2.05, 4.69) is 0 Å². The highest BCUT2D eigenvalue weighted by Gasteiger charge is 2.09. The standard InChI is InChI=1S/C18H19NO4/c1-19(2)8-9-22-13-5-6-14-15-7-4-12(21-3)11-17(15)23-18(20)16(14)10-13/h4-7,10-11H,8-9H2,1-3H3. The molecule has 0 bridgehead atoms. The van der Waals surface area contributed by atoms with Crippen LogP contribution in [0, 0.1) is 0 Å². The molecule has 0 N–H and O–H groups in total. The SMILES string of the molecule is COc1ccc2c(c1)oc(=O)c1cc(OCCN(C)C)ccc12. The topological polar surface area (TPSA) is 51.9 Å². The highest BCUT2D eigenvalue weighted by molar-refractivity contribution is 6.04. The largest absolute Gasteiger partial charge is 0.497 e. The summed E-state index contributed by atoms with van der Waals surface area (Å²) in [7, 11) is 5.55. The highest BCUT2D eigenvalue weighted by Crippen LogP contribution is 2.28. The summed E-state index contributed by atoms with van der Waals surface area (Å²) in [5, 5.41) is 2.24. The molecule has 120 valence electrons. The Kier molecular flexibility index (Phi) is 4.21. The molecule has 5 nitrogen and oxygen atoms in total. The van der Waals surface area contributed by atoms with Gasteiger partial charge in [-0.15, -0.1) is 0 Å². The minimum Gasteiger partial charge on any atom is -0.497 e. The van der Waals surface area contributed by atoms with Gasteiger partial charge in [0.25, 0.3) is 0 Å². The zero-order chi connectivity index (χ0) is 16.4. The van der Waals surface area contributed by atoms with Crippen molar-refractivity contribution in [1.82, 2.24) is 4.90 Å². The summed E-state index contributed by atoms with van der Waals surface area (Å²) in [6.07, 6.45) is 0. The van der Waals surface area contributed by atoms with Crippen LogP contribution in [0.1, 0.15) is 0 Å². The molecule has 3 rings (SSSR count). The lowest BCUT2D eigenvalue weighted by Gasteiger charge is -2.11. The number of likely N-dealkylation sites (N-methyl/N-ethyl adjacent to an activating group) is 1. The van der Waals surface area contributed by atoms with Gasteiger partial charge in [-0.3, -0.25) is 0 Å². The van der Waals surface area contributed by atoms with Crippen LogP contribution in [0.2, 0.25) is 0 Å². The smallest absolute Gasteiger partial charge is 0.344 e. The van der Waals surface area contributed by atoms with E-state index in [1.54, 1.807) is 19.2 Å². The zero-order valence-electron chi connectivity index (χ0n) is 13.5. The van der Waals surface area contributed by atoms with Crippen LogP contribution in [0.4, 0.5) is 0 Å². The molecule has 0 fully saturated rings. The molecule has 3 aromatic rings. The summed E-state index contributed by atoms with van der Waals surface area (Å²) < 4.78 is 16.3. The molecule has 0 amide bonds. The summed E-state index contributed by atoms with van der Waals surface area (Å²) in [5.41, 5.74) is 0.141. The summed E-state index contributed by atoms with van der Waals surface area (Å²) in [6.45, 7) is 1.37. The van der Waals surface area contributed by atoms with Gasteiger partial charge < -0.3 is 18.8 Å². The maximum atomic E-state index is 12.3. The second-order valence-corrected chi connectivity index (χ2v) is 5.61. The van der Waals surface area contributed by atoms with E-state index in [-0.39, 0.29) is 5.63 Å². The van der Waals surface area contributed by atoms with Gasteiger partial charge >= 0.3 is 5.63 Å². The number of fused-ring (bicyclic) bond motifs is 3. The quantitative estimate of drug-likeness (QED) is 0.535. The highest BCUT2D eigenvalue weighted by atomic mass is 16.5. The normalized spacial score (nSPS) is 11.3. The van der Waals surface area contributed by atoms with Gasteiger partial charge in [0.15, 0.2) is 0 Å². The Balaban J connectivity index is 2.04. The fraction of sp³-hybridized carbons (Fsp3) is 0.278. The third-order valence-electron chi connectivity index (χ3n) is 3.70. The Morgan fingerprint density at radius 3 is 2.48 bits per heavy atom. The van der Waals surface area contributed by atoms with Crippen LogP contribution in [0.5, 0.6) is 11.5 Å². The maximum Gasteiger partial charge on any atom is 0.344 e. The van der Waals surface area contributed by atoms with E-state index >= 15 is 0 Å². The molecule has 1 aromatic heterocycles. The number of hydrogen-bond donors (Lipinski definition) is 0. The van der Waals surface area contributed by atoms with Crippen molar-refractivity contribution >= 4 is 21.7 Å². The Hall–Kier alpha value is -2.53. The van der Waals surface area contributed by atoms with Crippen LogP contribution < -0.4 is 15.1 Å². The number of nitrogens with zero attached hydrogens (tertiary/aromatic N) is 1. The Morgan fingerprint density at radius 2 is 1.74 bits per heavy atom. The van der Waals surface area contributed by atoms with E-state index in [0.29, 0.717) is 29.1 Å². The summed E-state index contributed by atoms with van der Waals surface area (Å²) in [5.74, 6) is 1.32. The maximum absolute atomic E-state index is 12.3. The second-order valence-electron chi connectivity index (χ2n) is 5.61. The number of methoxy groups -OCH3 is 1. The predicted molar refractivity (Wildman–Crippen MR) is 90.6 cm³/mol. The number of benzene rings is 2. The van der Waals surface area contributed by atoms with Gasteiger partial charge in [0.2, 0.25) is 0 Å². The van der Waals surface area contributed by atoms with Crippen molar-refractivity contribution in [1.29, 1.82) is 0 Å². The Bertz CT molecular complexity index is 899. The lowest BCUT2D eigenvalue weighted by atomic mass is 10.1. The van der Waals surface area contributed by atoms with Crippen LogP contribution in [0.15, 0.2) is 45.6 Å². The van der Waals surface area contributed by atoms with Crippen molar-refractivity contribution in [2.24, 2.45) is 0 Å². The average Bonchev–Trinajstić information content (AvgIpc) is 2.54. The van der Waals surface area contributed by atoms with Gasteiger partial charge in [0.1, 0.15) is 23.7 Å². The third-order valence-corrected chi connectivity index (χ3v) is 3.70. The summed E-state index contributed by atoms with van der Waals surface area (Å²) >= 11 is 0. The van der Waals surface area contributed by atoms with E-state index < -0.39 is 0 Å². The van der Waals surface area contributed by atoms with E-state index in [1.807, 2.05) is 43.3 Å². The van der Waals surface area contributed by atoms with Crippen molar-refractivity contribution < 1.29 is 13.9 Å².